The van der Waals surface area contributed by atoms with Gasteiger partial charge in [0, 0.05) is 19.3 Å². The first kappa shape index (κ1) is 14.9. The summed E-state index contributed by atoms with van der Waals surface area (Å²) in [4.78, 5) is 0. The zero-order valence-electron chi connectivity index (χ0n) is 11.3. The first-order valence-electron chi connectivity index (χ1n) is 7.28. The summed E-state index contributed by atoms with van der Waals surface area (Å²) in [7, 11) is 0. The molecule has 1 saturated carbocycles. The van der Waals surface area contributed by atoms with Crippen molar-refractivity contribution >= 4 is 0 Å². The molecule has 0 radical (unpaired) electrons. The lowest BCUT2D eigenvalue weighted by molar-refractivity contribution is 0.0709. The lowest BCUT2D eigenvalue weighted by Crippen LogP contribution is -2.34. The standard InChI is InChI=1S/C14H29NO2/c1-2-15-14(9-10-16)12-17-11-13-7-5-3-4-6-8-13/h13-16H,2-12H2,1H3. The van der Waals surface area contributed by atoms with Gasteiger partial charge in [-0.1, -0.05) is 32.6 Å². The fourth-order valence-corrected chi connectivity index (χ4v) is 2.60. The summed E-state index contributed by atoms with van der Waals surface area (Å²) in [5, 5.41) is 12.3. The van der Waals surface area contributed by atoms with Crippen LogP contribution in [0.25, 0.3) is 0 Å². The molecule has 3 heteroatoms. The van der Waals surface area contributed by atoms with Gasteiger partial charge in [0.15, 0.2) is 0 Å². The van der Waals surface area contributed by atoms with Crippen LogP contribution >= 0.6 is 0 Å². The van der Waals surface area contributed by atoms with Crippen LogP contribution in [0.1, 0.15) is 51.9 Å². The molecular formula is C14H29NO2. The summed E-state index contributed by atoms with van der Waals surface area (Å²) in [6, 6.07) is 0.316. The summed E-state index contributed by atoms with van der Waals surface area (Å²) in [5.74, 6) is 0.772. The monoisotopic (exact) mass is 243 g/mol. The van der Waals surface area contributed by atoms with Crippen molar-refractivity contribution < 1.29 is 9.84 Å². The van der Waals surface area contributed by atoms with E-state index in [9.17, 15) is 0 Å². The molecule has 1 aliphatic rings. The van der Waals surface area contributed by atoms with Gasteiger partial charge < -0.3 is 15.2 Å². The molecule has 0 amide bonds. The van der Waals surface area contributed by atoms with Crippen molar-refractivity contribution in [3.8, 4) is 0 Å². The van der Waals surface area contributed by atoms with Crippen LogP contribution < -0.4 is 5.32 Å². The molecule has 0 saturated heterocycles. The van der Waals surface area contributed by atoms with Gasteiger partial charge in [-0.15, -0.1) is 0 Å². The zero-order valence-corrected chi connectivity index (χ0v) is 11.3. The van der Waals surface area contributed by atoms with Crippen molar-refractivity contribution in [3.05, 3.63) is 0 Å². The predicted molar refractivity (Wildman–Crippen MR) is 71.2 cm³/mol. The molecule has 0 aliphatic heterocycles. The van der Waals surface area contributed by atoms with E-state index >= 15 is 0 Å². The van der Waals surface area contributed by atoms with Gasteiger partial charge in [-0.05, 0) is 31.7 Å². The Balaban J connectivity index is 2.10. The SMILES string of the molecule is CCNC(CCO)COCC1CCCCCC1. The molecule has 17 heavy (non-hydrogen) atoms. The number of likely N-dealkylation sites (N-methyl/N-ethyl adjacent to an activating group) is 1. The number of hydrogen-bond donors (Lipinski definition) is 2. The average Bonchev–Trinajstić information content (AvgIpc) is 2.58. The van der Waals surface area contributed by atoms with Crippen molar-refractivity contribution in [2.24, 2.45) is 5.92 Å². The molecule has 1 unspecified atom stereocenters. The Morgan fingerprint density at radius 3 is 2.53 bits per heavy atom. The van der Waals surface area contributed by atoms with Crippen LogP contribution in [-0.2, 0) is 4.74 Å². The van der Waals surface area contributed by atoms with E-state index in [0.29, 0.717) is 6.04 Å². The van der Waals surface area contributed by atoms with Crippen molar-refractivity contribution in [2.75, 3.05) is 26.4 Å². The minimum absolute atomic E-state index is 0.241. The molecule has 0 aromatic carbocycles. The molecule has 0 aromatic heterocycles. The maximum atomic E-state index is 8.95. The van der Waals surface area contributed by atoms with Crippen LogP contribution in [0, 0.1) is 5.92 Å². The molecule has 1 fully saturated rings. The predicted octanol–water partition coefficient (Wildman–Crippen LogP) is 2.33. The fourth-order valence-electron chi connectivity index (χ4n) is 2.60. The molecule has 0 bridgehead atoms. The molecule has 102 valence electrons. The summed E-state index contributed by atoms with van der Waals surface area (Å²) >= 11 is 0. The second kappa shape index (κ2) is 9.86. The quantitative estimate of drug-likeness (QED) is 0.643. The van der Waals surface area contributed by atoms with E-state index in [2.05, 4.69) is 12.2 Å². The van der Waals surface area contributed by atoms with Crippen molar-refractivity contribution in [2.45, 2.75) is 57.9 Å². The Bertz CT molecular complexity index is 160. The second-order valence-electron chi connectivity index (χ2n) is 5.16. The first-order chi connectivity index (χ1) is 8.36. The van der Waals surface area contributed by atoms with E-state index < -0.39 is 0 Å². The van der Waals surface area contributed by atoms with Gasteiger partial charge in [-0.2, -0.15) is 0 Å². The minimum atomic E-state index is 0.241. The van der Waals surface area contributed by atoms with Crippen LogP contribution in [-0.4, -0.2) is 37.5 Å². The maximum Gasteiger partial charge on any atom is 0.0620 e. The van der Waals surface area contributed by atoms with Crippen molar-refractivity contribution in [1.82, 2.24) is 5.32 Å². The van der Waals surface area contributed by atoms with Crippen LogP contribution in [0.5, 0.6) is 0 Å². The number of nitrogens with one attached hydrogen (secondary N) is 1. The molecule has 1 aliphatic carbocycles. The molecule has 0 spiro atoms. The van der Waals surface area contributed by atoms with Crippen molar-refractivity contribution in [1.29, 1.82) is 0 Å². The fraction of sp³-hybridized carbons (Fsp3) is 1.00. The number of hydrogen-bond acceptors (Lipinski definition) is 3. The van der Waals surface area contributed by atoms with E-state index in [1.807, 2.05) is 0 Å². The lowest BCUT2D eigenvalue weighted by Gasteiger charge is -2.19. The molecule has 1 rings (SSSR count). The molecule has 1 atom stereocenters. The Labute approximate surface area is 106 Å². The van der Waals surface area contributed by atoms with Crippen LogP contribution in [0.15, 0.2) is 0 Å². The average molecular weight is 243 g/mol. The van der Waals surface area contributed by atoms with E-state index in [1.54, 1.807) is 0 Å². The second-order valence-corrected chi connectivity index (χ2v) is 5.16. The molecule has 0 aromatic rings. The number of aliphatic hydroxyl groups is 1. The minimum Gasteiger partial charge on any atom is -0.396 e. The van der Waals surface area contributed by atoms with Crippen molar-refractivity contribution in [3.63, 3.8) is 0 Å². The van der Waals surface area contributed by atoms with Gasteiger partial charge in [-0.25, -0.2) is 0 Å². The Hall–Kier alpha value is -0.120. The normalized spacial score (nSPS) is 20.1. The molecule has 3 nitrogen and oxygen atoms in total. The Morgan fingerprint density at radius 1 is 1.24 bits per heavy atom. The van der Waals surface area contributed by atoms with Gasteiger partial charge >= 0.3 is 0 Å². The van der Waals surface area contributed by atoms with Crippen LogP contribution in [0.4, 0.5) is 0 Å². The number of ether oxygens (including phenoxy) is 1. The molecule has 2 N–H and O–H groups in total. The van der Waals surface area contributed by atoms with Gasteiger partial charge in [0.05, 0.1) is 6.61 Å². The lowest BCUT2D eigenvalue weighted by atomic mass is 10.0. The highest BCUT2D eigenvalue weighted by atomic mass is 16.5. The highest BCUT2D eigenvalue weighted by Gasteiger charge is 2.13. The number of aliphatic hydroxyl groups excluding tert-OH is 1. The third-order valence-corrected chi connectivity index (χ3v) is 3.62. The van der Waals surface area contributed by atoms with Gasteiger partial charge in [0.25, 0.3) is 0 Å². The molecule has 0 heterocycles. The topological polar surface area (TPSA) is 41.5 Å². The third kappa shape index (κ3) is 7.02. The maximum absolute atomic E-state index is 8.95. The largest absolute Gasteiger partial charge is 0.396 e. The van der Waals surface area contributed by atoms with Crippen LogP contribution in [0.2, 0.25) is 0 Å². The Morgan fingerprint density at radius 2 is 1.94 bits per heavy atom. The number of rotatable bonds is 8. The summed E-state index contributed by atoms with van der Waals surface area (Å²) < 4.78 is 5.82. The summed E-state index contributed by atoms with van der Waals surface area (Å²) in [6.45, 7) is 4.93. The summed E-state index contributed by atoms with van der Waals surface area (Å²) in [6.07, 6.45) is 9.03. The van der Waals surface area contributed by atoms with E-state index in [-0.39, 0.29) is 6.61 Å². The van der Waals surface area contributed by atoms with Gasteiger partial charge in [-0.3, -0.25) is 0 Å². The summed E-state index contributed by atoms with van der Waals surface area (Å²) in [5.41, 5.74) is 0. The highest BCUT2D eigenvalue weighted by Crippen LogP contribution is 2.22. The third-order valence-electron chi connectivity index (χ3n) is 3.62. The Kier molecular flexibility index (Phi) is 8.67. The van der Waals surface area contributed by atoms with Gasteiger partial charge in [0.1, 0.15) is 0 Å². The smallest absolute Gasteiger partial charge is 0.0620 e. The van der Waals surface area contributed by atoms with E-state index in [0.717, 1.165) is 32.1 Å². The first-order valence-corrected chi connectivity index (χ1v) is 7.28. The molecular weight excluding hydrogens is 214 g/mol. The van der Waals surface area contributed by atoms with Crippen LogP contribution in [0.3, 0.4) is 0 Å². The van der Waals surface area contributed by atoms with E-state index in [4.69, 9.17) is 9.84 Å². The van der Waals surface area contributed by atoms with Gasteiger partial charge in [0.2, 0.25) is 0 Å². The highest BCUT2D eigenvalue weighted by molar-refractivity contribution is 4.67. The van der Waals surface area contributed by atoms with E-state index in [1.165, 1.54) is 38.5 Å². The zero-order chi connectivity index (χ0) is 12.3.